The smallest absolute Gasteiger partial charge is 0.302 e. The van der Waals surface area contributed by atoms with Gasteiger partial charge >= 0.3 is 5.97 Å². The Morgan fingerprint density at radius 3 is 2.56 bits per heavy atom. The van der Waals surface area contributed by atoms with Crippen molar-refractivity contribution in [2.24, 2.45) is 33.5 Å². The van der Waals surface area contributed by atoms with Gasteiger partial charge in [0.1, 0.15) is 0 Å². The Kier molecular flexibility index (Phi) is 3.20. The molecule has 0 radical (unpaired) electrons. The van der Waals surface area contributed by atoms with E-state index in [0.717, 1.165) is 5.92 Å². The molecular weight excluding hydrogens is 312 g/mol. The number of epoxide rings is 1. The second-order valence-electron chi connectivity index (χ2n) is 11.0. The molecule has 0 aromatic heterocycles. The molecular formula is C22H34O3. The number of carbonyl (C=O) groups is 1. The van der Waals surface area contributed by atoms with Crippen LogP contribution in [0.1, 0.15) is 79.1 Å². The number of esters is 1. The summed E-state index contributed by atoms with van der Waals surface area (Å²) in [7, 11) is 0. The third-order valence-electron chi connectivity index (χ3n) is 9.58. The molecule has 8 atom stereocenters. The van der Waals surface area contributed by atoms with Crippen molar-refractivity contribution in [3.05, 3.63) is 0 Å². The molecule has 5 rings (SSSR count). The van der Waals surface area contributed by atoms with E-state index in [1.165, 1.54) is 51.4 Å². The summed E-state index contributed by atoms with van der Waals surface area (Å²) >= 11 is 0. The molecule has 0 unspecified atom stereocenters. The Morgan fingerprint density at radius 1 is 1.04 bits per heavy atom. The molecule has 1 aliphatic heterocycles. The van der Waals surface area contributed by atoms with E-state index in [9.17, 15) is 4.79 Å². The van der Waals surface area contributed by atoms with Crippen molar-refractivity contribution in [3.8, 4) is 0 Å². The van der Waals surface area contributed by atoms with Crippen LogP contribution >= 0.6 is 0 Å². The zero-order chi connectivity index (χ0) is 17.7. The fourth-order valence-electron chi connectivity index (χ4n) is 8.70. The zero-order valence-electron chi connectivity index (χ0n) is 16.4. The quantitative estimate of drug-likeness (QED) is 0.536. The highest BCUT2D eigenvalue weighted by atomic mass is 16.6. The van der Waals surface area contributed by atoms with E-state index in [1.54, 1.807) is 6.92 Å². The number of carbonyl (C=O) groups excluding carboxylic acids is 1. The summed E-state index contributed by atoms with van der Waals surface area (Å²) in [6.45, 7) is 9.64. The molecule has 1 spiro atoms. The van der Waals surface area contributed by atoms with Crippen molar-refractivity contribution in [1.82, 2.24) is 0 Å². The van der Waals surface area contributed by atoms with Crippen LogP contribution in [0.2, 0.25) is 0 Å². The molecule has 2 bridgehead atoms. The van der Waals surface area contributed by atoms with Crippen LogP contribution < -0.4 is 0 Å². The summed E-state index contributed by atoms with van der Waals surface area (Å²) in [6.07, 6.45) is 11.8. The minimum atomic E-state index is -0.126. The van der Waals surface area contributed by atoms with Gasteiger partial charge in [0.15, 0.2) is 0 Å². The molecule has 4 aliphatic carbocycles. The first-order chi connectivity index (χ1) is 11.7. The summed E-state index contributed by atoms with van der Waals surface area (Å²) in [5.41, 5.74) is 1.47. The van der Waals surface area contributed by atoms with Gasteiger partial charge in [-0.15, -0.1) is 0 Å². The minimum absolute atomic E-state index is 0.126. The highest BCUT2D eigenvalue weighted by Gasteiger charge is 2.77. The van der Waals surface area contributed by atoms with E-state index in [1.807, 2.05) is 0 Å². The molecule has 0 aromatic carbocycles. The molecule has 25 heavy (non-hydrogen) atoms. The average Bonchev–Trinajstić information content (AvgIpc) is 3.31. The lowest BCUT2D eigenvalue weighted by molar-refractivity contribution is -0.187. The zero-order valence-corrected chi connectivity index (χ0v) is 16.4. The number of ether oxygens (including phenoxy) is 2. The van der Waals surface area contributed by atoms with Crippen molar-refractivity contribution in [3.63, 3.8) is 0 Å². The summed E-state index contributed by atoms with van der Waals surface area (Å²) in [5.74, 6) is 1.37. The summed E-state index contributed by atoms with van der Waals surface area (Å²) in [5, 5.41) is 0. The predicted molar refractivity (Wildman–Crippen MR) is 96.0 cm³/mol. The number of hydrogen-bond donors (Lipinski definition) is 0. The first kappa shape index (κ1) is 16.6. The van der Waals surface area contributed by atoms with Crippen LogP contribution in [0.15, 0.2) is 0 Å². The van der Waals surface area contributed by atoms with E-state index in [4.69, 9.17) is 9.47 Å². The van der Waals surface area contributed by atoms with Crippen molar-refractivity contribution in [2.45, 2.75) is 91.3 Å². The fourth-order valence-corrected chi connectivity index (χ4v) is 8.70. The highest BCUT2D eigenvalue weighted by molar-refractivity contribution is 5.65. The molecule has 4 saturated carbocycles. The van der Waals surface area contributed by atoms with E-state index in [0.29, 0.717) is 41.0 Å². The number of rotatable bonds is 2. The lowest BCUT2D eigenvalue weighted by Gasteiger charge is -2.65. The standard InChI is InChI=1S/C22H34O3/c1-14(23)24-13-20(3)8-5-9-21(4)15(20)7-11-22-12-19(2,10-6-16(21)22)17-18(22)25-17/h15-18H,5-13H2,1-4H3/t15-,16+,17+,18-,19+,20+,21-,22+/m1/s1. The van der Waals surface area contributed by atoms with Crippen LogP contribution in [0.5, 0.6) is 0 Å². The Balaban J connectivity index is 1.48. The molecule has 5 fully saturated rings. The normalized spacial score (nSPS) is 58.7. The molecule has 0 aromatic rings. The number of hydrogen-bond acceptors (Lipinski definition) is 3. The van der Waals surface area contributed by atoms with E-state index >= 15 is 0 Å². The molecule has 0 N–H and O–H groups in total. The van der Waals surface area contributed by atoms with Gasteiger partial charge in [-0.1, -0.05) is 27.2 Å². The maximum absolute atomic E-state index is 11.4. The van der Waals surface area contributed by atoms with E-state index in [2.05, 4.69) is 20.8 Å². The third-order valence-corrected chi connectivity index (χ3v) is 9.58. The van der Waals surface area contributed by atoms with Gasteiger partial charge in [-0.05, 0) is 67.6 Å². The van der Waals surface area contributed by atoms with E-state index in [-0.39, 0.29) is 11.4 Å². The van der Waals surface area contributed by atoms with Crippen LogP contribution in [0.25, 0.3) is 0 Å². The van der Waals surface area contributed by atoms with Crippen LogP contribution in [0.4, 0.5) is 0 Å². The molecule has 0 amide bonds. The first-order valence-electron chi connectivity index (χ1n) is 10.5. The van der Waals surface area contributed by atoms with Gasteiger partial charge in [-0.2, -0.15) is 0 Å². The largest absolute Gasteiger partial charge is 0.465 e. The van der Waals surface area contributed by atoms with E-state index < -0.39 is 0 Å². The van der Waals surface area contributed by atoms with Gasteiger partial charge in [0.05, 0.1) is 18.8 Å². The molecule has 140 valence electrons. The van der Waals surface area contributed by atoms with Crippen LogP contribution in [-0.2, 0) is 14.3 Å². The Morgan fingerprint density at radius 2 is 1.80 bits per heavy atom. The topological polar surface area (TPSA) is 38.8 Å². The van der Waals surface area contributed by atoms with Crippen molar-refractivity contribution in [2.75, 3.05) is 6.61 Å². The van der Waals surface area contributed by atoms with Crippen molar-refractivity contribution in [1.29, 1.82) is 0 Å². The third kappa shape index (κ3) is 2.00. The second-order valence-corrected chi connectivity index (χ2v) is 11.0. The highest BCUT2D eigenvalue weighted by Crippen LogP contribution is 2.77. The van der Waals surface area contributed by atoms with Gasteiger partial charge in [0.2, 0.25) is 0 Å². The molecule has 5 aliphatic rings. The van der Waals surface area contributed by atoms with Crippen molar-refractivity contribution >= 4 is 5.97 Å². The van der Waals surface area contributed by atoms with Gasteiger partial charge in [-0.25, -0.2) is 0 Å². The van der Waals surface area contributed by atoms with Gasteiger partial charge in [0, 0.05) is 17.8 Å². The molecule has 1 saturated heterocycles. The van der Waals surface area contributed by atoms with Gasteiger partial charge in [0.25, 0.3) is 0 Å². The SMILES string of the molecule is CC(=O)OC[C@]1(C)CCC[C@]2(C)[C@@H]1CC[C@]13C[C@](C)(CC[C@@H]21)[C@H]1O[C@H]13. The van der Waals surface area contributed by atoms with Crippen molar-refractivity contribution < 1.29 is 14.3 Å². The number of fused-ring (bicyclic) bond motifs is 5. The second kappa shape index (κ2) is 4.82. The summed E-state index contributed by atoms with van der Waals surface area (Å²) < 4.78 is 11.8. The molecule has 3 nitrogen and oxygen atoms in total. The Bertz CT molecular complexity index is 616. The maximum atomic E-state index is 11.4. The summed E-state index contributed by atoms with van der Waals surface area (Å²) in [6, 6.07) is 0. The maximum Gasteiger partial charge on any atom is 0.302 e. The minimum Gasteiger partial charge on any atom is -0.465 e. The van der Waals surface area contributed by atoms with Crippen LogP contribution in [-0.4, -0.2) is 24.8 Å². The van der Waals surface area contributed by atoms with Gasteiger partial charge in [-0.3, -0.25) is 4.79 Å². The van der Waals surface area contributed by atoms with Gasteiger partial charge < -0.3 is 9.47 Å². The predicted octanol–water partition coefficient (Wildman–Crippen LogP) is 4.73. The molecule has 3 heteroatoms. The lowest BCUT2D eigenvalue weighted by Crippen LogP contribution is -2.59. The first-order valence-corrected chi connectivity index (χ1v) is 10.5. The monoisotopic (exact) mass is 346 g/mol. The average molecular weight is 347 g/mol. The Labute approximate surface area is 152 Å². The molecule has 1 heterocycles. The fraction of sp³-hybridized carbons (Fsp3) is 0.955. The van der Waals surface area contributed by atoms with Crippen LogP contribution in [0.3, 0.4) is 0 Å². The van der Waals surface area contributed by atoms with Crippen LogP contribution in [0, 0.1) is 33.5 Å². The Hall–Kier alpha value is -0.570. The lowest BCUT2D eigenvalue weighted by atomic mass is 9.40. The summed E-state index contributed by atoms with van der Waals surface area (Å²) in [4.78, 5) is 11.4.